The third-order valence-electron chi connectivity index (χ3n) is 2.44. The Morgan fingerprint density at radius 3 is 2.81 bits per heavy atom. The van der Waals surface area contributed by atoms with E-state index >= 15 is 0 Å². The molecule has 6 heteroatoms. The van der Waals surface area contributed by atoms with E-state index in [0.29, 0.717) is 19.8 Å². The largest absolute Gasteiger partial charge is 0.380 e. The maximum atomic E-state index is 11.6. The Hall–Kier alpha value is -1.20. The number of hydrogen-bond acceptors (Lipinski definition) is 4. The molecule has 0 aromatic carbocycles. The Labute approximate surface area is 98.2 Å². The number of hydrogen-bond donors (Lipinski definition) is 1. The molecule has 0 spiro atoms. The molecular formula is C10H12ClN3O2. The molecule has 0 atom stereocenters. The molecule has 1 aliphatic rings. The zero-order chi connectivity index (χ0) is 11.6. The van der Waals surface area contributed by atoms with Crippen molar-refractivity contribution in [3.05, 3.63) is 23.0 Å². The number of carbonyl (C=O) groups is 1. The quantitative estimate of drug-likeness (QED) is 0.854. The molecule has 1 fully saturated rings. The molecule has 0 aliphatic carbocycles. The van der Waals surface area contributed by atoms with E-state index in [1.54, 1.807) is 6.07 Å². The summed E-state index contributed by atoms with van der Waals surface area (Å²) in [6.45, 7) is 4.00. The average molecular weight is 242 g/mol. The fourth-order valence-electron chi connectivity index (χ4n) is 1.37. The van der Waals surface area contributed by atoms with Crippen molar-refractivity contribution in [2.45, 2.75) is 6.92 Å². The van der Waals surface area contributed by atoms with Gasteiger partial charge in [0.15, 0.2) is 10.8 Å². The van der Waals surface area contributed by atoms with Crippen LogP contribution < -0.4 is 5.32 Å². The molecule has 1 aliphatic heterocycles. The number of ether oxygens (including phenoxy) is 1. The molecule has 1 N–H and O–H groups in total. The van der Waals surface area contributed by atoms with E-state index in [0.717, 1.165) is 0 Å². The summed E-state index contributed by atoms with van der Waals surface area (Å²) in [6.07, 6.45) is 0. The number of amides is 1. The van der Waals surface area contributed by atoms with Crippen molar-refractivity contribution in [2.24, 2.45) is 5.41 Å². The first-order chi connectivity index (χ1) is 7.59. The second-order valence-electron chi connectivity index (χ2n) is 4.23. The lowest BCUT2D eigenvalue weighted by Crippen LogP contribution is -2.48. The molecule has 0 saturated carbocycles. The second-order valence-corrected chi connectivity index (χ2v) is 4.61. The zero-order valence-electron chi connectivity index (χ0n) is 8.86. The Balaban J connectivity index is 1.90. The summed E-state index contributed by atoms with van der Waals surface area (Å²) in [4.78, 5) is 11.6. The highest BCUT2D eigenvalue weighted by Gasteiger charge is 2.33. The van der Waals surface area contributed by atoms with Gasteiger partial charge in [-0.25, -0.2) is 0 Å². The van der Waals surface area contributed by atoms with E-state index in [1.807, 2.05) is 0 Å². The third kappa shape index (κ3) is 2.48. The van der Waals surface area contributed by atoms with Gasteiger partial charge in [0, 0.05) is 12.0 Å². The van der Waals surface area contributed by atoms with Crippen molar-refractivity contribution < 1.29 is 9.53 Å². The van der Waals surface area contributed by atoms with Crippen LogP contribution in [0.15, 0.2) is 12.1 Å². The molecule has 2 rings (SSSR count). The van der Waals surface area contributed by atoms with Gasteiger partial charge in [-0.1, -0.05) is 18.5 Å². The molecule has 1 amide bonds. The van der Waals surface area contributed by atoms with Gasteiger partial charge >= 0.3 is 0 Å². The minimum atomic E-state index is -0.239. The van der Waals surface area contributed by atoms with Crippen molar-refractivity contribution in [1.82, 2.24) is 15.5 Å². The van der Waals surface area contributed by atoms with Gasteiger partial charge in [0.05, 0.1) is 13.2 Å². The first-order valence-corrected chi connectivity index (χ1v) is 5.32. The summed E-state index contributed by atoms with van der Waals surface area (Å²) in [6, 6.07) is 3.09. The van der Waals surface area contributed by atoms with Crippen LogP contribution in [0.4, 0.5) is 0 Å². The first-order valence-electron chi connectivity index (χ1n) is 4.94. The maximum Gasteiger partial charge on any atom is 0.271 e. The molecule has 1 aromatic rings. The number of nitrogens with one attached hydrogen (secondary N) is 1. The van der Waals surface area contributed by atoms with E-state index in [1.165, 1.54) is 6.07 Å². The third-order valence-corrected chi connectivity index (χ3v) is 2.64. The van der Waals surface area contributed by atoms with Gasteiger partial charge in [-0.15, -0.1) is 10.2 Å². The first kappa shape index (κ1) is 11.3. The molecule has 5 nitrogen and oxygen atoms in total. The van der Waals surface area contributed by atoms with Crippen LogP contribution in [0.1, 0.15) is 17.4 Å². The number of halogens is 1. The summed E-state index contributed by atoms with van der Waals surface area (Å²) >= 11 is 5.58. The SMILES string of the molecule is CC1(CNC(=O)c2ccc(Cl)nn2)COC1. The van der Waals surface area contributed by atoms with Crippen LogP contribution in [0, 0.1) is 5.41 Å². The topological polar surface area (TPSA) is 64.1 Å². The molecule has 1 aromatic heterocycles. The molecule has 2 heterocycles. The van der Waals surface area contributed by atoms with Gasteiger partial charge in [-0.05, 0) is 12.1 Å². The van der Waals surface area contributed by atoms with Crippen molar-refractivity contribution in [3.8, 4) is 0 Å². The maximum absolute atomic E-state index is 11.6. The fourth-order valence-corrected chi connectivity index (χ4v) is 1.47. The highest BCUT2D eigenvalue weighted by atomic mass is 35.5. The average Bonchev–Trinajstić information content (AvgIpc) is 2.24. The number of rotatable bonds is 3. The fraction of sp³-hybridized carbons (Fsp3) is 0.500. The van der Waals surface area contributed by atoms with Crippen LogP contribution >= 0.6 is 11.6 Å². The van der Waals surface area contributed by atoms with Crippen LogP contribution in [-0.2, 0) is 4.74 Å². The van der Waals surface area contributed by atoms with E-state index in [-0.39, 0.29) is 22.2 Å². The normalized spacial score (nSPS) is 17.6. The van der Waals surface area contributed by atoms with Gasteiger partial charge in [-0.2, -0.15) is 0 Å². The summed E-state index contributed by atoms with van der Waals surface area (Å²) < 4.78 is 5.09. The molecule has 16 heavy (non-hydrogen) atoms. The van der Waals surface area contributed by atoms with Gasteiger partial charge in [0.2, 0.25) is 0 Å². The lowest BCUT2D eigenvalue weighted by molar-refractivity contribution is -0.0978. The smallest absolute Gasteiger partial charge is 0.271 e. The van der Waals surface area contributed by atoms with Gasteiger partial charge < -0.3 is 10.1 Å². The van der Waals surface area contributed by atoms with Crippen LogP contribution in [0.5, 0.6) is 0 Å². The van der Waals surface area contributed by atoms with Gasteiger partial charge in [0.25, 0.3) is 5.91 Å². The Morgan fingerprint density at radius 2 is 2.31 bits per heavy atom. The van der Waals surface area contributed by atoms with Crippen molar-refractivity contribution in [1.29, 1.82) is 0 Å². The highest BCUT2D eigenvalue weighted by Crippen LogP contribution is 2.25. The molecule has 0 unspecified atom stereocenters. The molecule has 0 radical (unpaired) electrons. The minimum absolute atomic E-state index is 0.0511. The Kier molecular flexibility index (Phi) is 3.07. The Morgan fingerprint density at radius 1 is 1.56 bits per heavy atom. The van der Waals surface area contributed by atoms with Crippen LogP contribution in [-0.4, -0.2) is 35.9 Å². The number of nitrogens with zero attached hydrogens (tertiary/aromatic N) is 2. The van der Waals surface area contributed by atoms with E-state index in [4.69, 9.17) is 16.3 Å². The predicted molar refractivity (Wildman–Crippen MR) is 58.3 cm³/mol. The number of carbonyl (C=O) groups excluding carboxylic acids is 1. The second kappa shape index (κ2) is 4.35. The molecule has 0 bridgehead atoms. The Bertz CT molecular complexity index is 390. The van der Waals surface area contributed by atoms with Crippen molar-refractivity contribution in [2.75, 3.05) is 19.8 Å². The minimum Gasteiger partial charge on any atom is -0.380 e. The summed E-state index contributed by atoms with van der Waals surface area (Å²) in [7, 11) is 0. The molecular weight excluding hydrogens is 230 g/mol. The monoisotopic (exact) mass is 241 g/mol. The lowest BCUT2D eigenvalue weighted by atomic mass is 9.89. The van der Waals surface area contributed by atoms with Crippen molar-refractivity contribution >= 4 is 17.5 Å². The molecule has 86 valence electrons. The predicted octanol–water partition coefficient (Wildman–Crippen LogP) is 0.896. The zero-order valence-corrected chi connectivity index (χ0v) is 9.62. The van der Waals surface area contributed by atoms with Crippen LogP contribution in [0.2, 0.25) is 5.15 Å². The number of aromatic nitrogens is 2. The van der Waals surface area contributed by atoms with E-state index in [9.17, 15) is 4.79 Å². The lowest BCUT2D eigenvalue weighted by Gasteiger charge is -2.37. The van der Waals surface area contributed by atoms with E-state index in [2.05, 4.69) is 22.4 Å². The standard InChI is InChI=1S/C10H12ClN3O2/c1-10(5-16-6-10)4-12-9(15)7-2-3-8(11)14-13-7/h2-3H,4-6H2,1H3,(H,12,15). The van der Waals surface area contributed by atoms with Gasteiger partial charge in [0.1, 0.15) is 0 Å². The highest BCUT2D eigenvalue weighted by molar-refractivity contribution is 6.29. The van der Waals surface area contributed by atoms with Crippen LogP contribution in [0.25, 0.3) is 0 Å². The van der Waals surface area contributed by atoms with Gasteiger partial charge in [-0.3, -0.25) is 4.79 Å². The van der Waals surface area contributed by atoms with Crippen LogP contribution in [0.3, 0.4) is 0 Å². The molecule has 1 saturated heterocycles. The summed E-state index contributed by atoms with van der Waals surface area (Å²) in [5, 5.41) is 10.4. The summed E-state index contributed by atoms with van der Waals surface area (Å²) in [5.41, 5.74) is 0.323. The van der Waals surface area contributed by atoms with E-state index < -0.39 is 0 Å². The van der Waals surface area contributed by atoms with Crippen molar-refractivity contribution in [3.63, 3.8) is 0 Å². The summed E-state index contributed by atoms with van der Waals surface area (Å²) in [5.74, 6) is -0.239.